The maximum absolute atomic E-state index is 5.70. The monoisotopic (exact) mass is 285 g/mol. The lowest BCUT2D eigenvalue weighted by atomic mass is 10.2. The average Bonchev–Trinajstić information content (AvgIpc) is 2.68. The van der Waals surface area contributed by atoms with Gasteiger partial charge in [0, 0.05) is 24.7 Å². The van der Waals surface area contributed by atoms with Crippen LogP contribution in [-0.4, -0.2) is 23.2 Å². The van der Waals surface area contributed by atoms with E-state index in [1.54, 1.807) is 0 Å². The third kappa shape index (κ3) is 3.42. The second kappa shape index (κ2) is 5.99. The zero-order chi connectivity index (χ0) is 14.7. The molecule has 0 amide bonds. The van der Waals surface area contributed by atoms with Crippen molar-refractivity contribution >= 4 is 5.82 Å². The Balaban J connectivity index is 1.71. The van der Waals surface area contributed by atoms with Crippen molar-refractivity contribution in [2.75, 3.05) is 18.5 Å². The van der Waals surface area contributed by atoms with E-state index in [0.29, 0.717) is 19.8 Å². The highest BCUT2D eigenvalue weighted by molar-refractivity contribution is 5.45. The van der Waals surface area contributed by atoms with Crippen LogP contribution in [0, 0.1) is 13.8 Å². The Kier molecular flexibility index (Phi) is 3.90. The van der Waals surface area contributed by atoms with Gasteiger partial charge in [0.25, 0.3) is 0 Å². The number of fused-ring (bicyclic) bond motifs is 1. The summed E-state index contributed by atoms with van der Waals surface area (Å²) in [5.74, 6) is 3.26. The Labute approximate surface area is 124 Å². The van der Waals surface area contributed by atoms with Gasteiger partial charge in [0.2, 0.25) is 0 Å². The summed E-state index contributed by atoms with van der Waals surface area (Å²) in [4.78, 5) is 8.64. The van der Waals surface area contributed by atoms with E-state index in [2.05, 4.69) is 15.3 Å². The molecule has 0 saturated carbocycles. The number of nitrogens with zero attached hydrogens (tertiary/aromatic N) is 2. The van der Waals surface area contributed by atoms with E-state index in [1.807, 2.05) is 38.1 Å². The molecule has 0 radical (unpaired) electrons. The minimum Gasteiger partial charge on any atom is -0.490 e. The molecule has 5 nitrogen and oxygen atoms in total. The first-order valence-electron chi connectivity index (χ1n) is 7.15. The molecule has 0 fully saturated rings. The Morgan fingerprint density at radius 2 is 1.86 bits per heavy atom. The number of rotatable bonds is 3. The number of aryl methyl sites for hydroxylation is 2. The van der Waals surface area contributed by atoms with Crippen LogP contribution in [0.15, 0.2) is 24.3 Å². The van der Waals surface area contributed by atoms with Crippen LogP contribution in [0.2, 0.25) is 0 Å². The van der Waals surface area contributed by atoms with E-state index in [4.69, 9.17) is 9.47 Å². The van der Waals surface area contributed by atoms with E-state index in [9.17, 15) is 0 Å². The van der Waals surface area contributed by atoms with Crippen molar-refractivity contribution < 1.29 is 9.47 Å². The second-order valence-corrected chi connectivity index (χ2v) is 5.13. The number of anilines is 1. The molecule has 5 heteroatoms. The molecule has 0 atom stereocenters. The number of benzene rings is 1. The van der Waals surface area contributed by atoms with Crippen molar-refractivity contribution in [3.8, 4) is 11.5 Å². The molecule has 1 aliphatic rings. The number of nitrogens with one attached hydrogen (secondary N) is 1. The zero-order valence-electron chi connectivity index (χ0n) is 12.3. The van der Waals surface area contributed by atoms with Gasteiger partial charge in [-0.1, -0.05) is 6.07 Å². The standard InChI is InChI=1S/C16H19N3O2/c1-11-8-16(19-12(2)18-11)17-10-13-4-5-14-15(9-13)21-7-3-6-20-14/h4-5,8-9H,3,6-7,10H2,1-2H3,(H,17,18,19). The van der Waals surface area contributed by atoms with Gasteiger partial charge in [-0.25, -0.2) is 9.97 Å². The summed E-state index contributed by atoms with van der Waals surface area (Å²) in [6, 6.07) is 7.97. The van der Waals surface area contributed by atoms with Crippen molar-refractivity contribution in [2.45, 2.75) is 26.8 Å². The topological polar surface area (TPSA) is 56.3 Å². The molecule has 2 heterocycles. The van der Waals surface area contributed by atoms with E-state index in [-0.39, 0.29) is 0 Å². The third-order valence-electron chi connectivity index (χ3n) is 3.25. The molecule has 1 N–H and O–H groups in total. The van der Waals surface area contributed by atoms with Gasteiger partial charge in [-0.3, -0.25) is 0 Å². The summed E-state index contributed by atoms with van der Waals surface area (Å²) < 4.78 is 11.3. The van der Waals surface area contributed by atoms with E-state index in [0.717, 1.165) is 40.8 Å². The minimum absolute atomic E-state index is 0.687. The predicted octanol–water partition coefficient (Wildman–Crippen LogP) is 2.87. The van der Waals surface area contributed by atoms with Crippen molar-refractivity contribution in [3.63, 3.8) is 0 Å². The van der Waals surface area contributed by atoms with Crippen LogP contribution in [-0.2, 0) is 6.54 Å². The number of aromatic nitrogens is 2. The van der Waals surface area contributed by atoms with Gasteiger partial charge < -0.3 is 14.8 Å². The van der Waals surface area contributed by atoms with Crippen molar-refractivity contribution in [1.29, 1.82) is 0 Å². The zero-order valence-corrected chi connectivity index (χ0v) is 12.3. The van der Waals surface area contributed by atoms with E-state index >= 15 is 0 Å². The van der Waals surface area contributed by atoms with Crippen LogP contribution in [0.3, 0.4) is 0 Å². The molecule has 0 saturated heterocycles. The van der Waals surface area contributed by atoms with Crippen LogP contribution in [0.5, 0.6) is 11.5 Å². The average molecular weight is 285 g/mol. The van der Waals surface area contributed by atoms with Gasteiger partial charge >= 0.3 is 0 Å². The summed E-state index contributed by atoms with van der Waals surface area (Å²) in [5.41, 5.74) is 2.09. The molecule has 1 aromatic heterocycles. The number of hydrogen-bond acceptors (Lipinski definition) is 5. The van der Waals surface area contributed by atoms with Gasteiger partial charge in [-0.05, 0) is 31.5 Å². The molecule has 0 bridgehead atoms. The highest BCUT2D eigenvalue weighted by atomic mass is 16.5. The molecule has 21 heavy (non-hydrogen) atoms. The summed E-state index contributed by atoms with van der Waals surface area (Å²) in [6.07, 6.45) is 0.918. The Morgan fingerprint density at radius 3 is 2.67 bits per heavy atom. The maximum Gasteiger partial charge on any atom is 0.161 e. The first-order valence-corrected chi connectivity index (χ1v) is 7.15. The van der Waals surface area contributed by atoms with Crippen molar-refractivity contribution in [1.82, 2.24) is 9.97 Å². The fourth-order valence-electron chi connectivity index (χ4n) is 2.32. The number of ether oxygens (including phenoxy) is 2. The van der Waals surface area contributed by atoms with Crippen molar-refractivity contribution in [3.05, 3.63) is 41.3 Å². The van der Waals surface area contributed by atoms with E-state index in [1.165, 1.54) is 0 Å². The third-order valence-corrected chi connectivity index (χ3v) is 3.25. The van der Waals surface area contributed by atoms with Crippen LogP contribution < -0.4 is 14.8 Å². The summed E-state index contributed by atoms with van der Waals surface area (Å²) in [7, 11) is 0. The molecule has 0 spiro atoms. The highest BCUT2D eigenvalue weighted by Crippen LogP contribution is 2.30. The summed E-state index contributed by atoms with van der Waals surface area (Å²) in [6.45, 7) is 5.96. The fourth-order valence-corrected chi connectivity index (χ4v) is 2.32. The molecule has 1 aromatic carbocycles. The Morgan fingerprint density at radius 1 is 1.05 bits per heavy atom. The van der Waals surface area contributed by atoms with Gasteiger partial charge in [0.05, 0.1) is 13.2 Å². The molecular weight excluding hydrogens is 266 g/mol. The maximum atomic E-state index is 5.70. The Bertz CT molecular complexity index is 623. The van der Waals surface area contributed by atoms with E-state index < -0.39 is 0 Å². The highest BCUT2D eigenvalue weighted by Gasteiger charge is 2.10. The molecule has 110 valence electrons. The molecule has 3 rings (SSSR count). The van der Waals surface area contributed by atoms with Crippen molar-refractivity contribution in [2.24, 2.45) is 0 Å². The fraction of sp³-hybridized carbons (Fsp3) is 0.375. The first-order chi connectivity index (χ1) is 10.2. The second-order valence-electron chi connectivity index (χ2n) is 5.13. The van der Waals surface area contributed by atoms with Crippen LogP contribution in [0.4, 0.5) is 5.82 Å². The van der Waals surface area contributed by atoms with Gasteiger partial charge in [0.15, 0.2) is 11.5 Å². The van der Waals surface area contributed by atoms with Gasteiger partial charge in [-0.15, -0.1) is 0 Å². The molecule has 0 unspecified atom stereocenters. The smallest absolute Gasteiger partial charge is 0.161 e. The lowest BCUT2D eigenvalue weighted by Gasteiger charge is -2.11. The molecule has 0 aliphatic carbocycles. The summed E-state index contributed by atoms with van der Waals surface area (Å²) in [5, 5.41) is 3.32. The van der Waals surface area contributed by atoms with Crippen LogP contribution in [0.1, 0.15) is 23.5 Å². The molecule has 1 aliphatic heterocycles. The predicted molar refractivity (Wildman–Crippen MR) is 80.9 cm³/mol. The van der Waals surface area contributed by atoms with Gasteiger partial charge in [0.1, 0.15) is 11.6 Å². The minimum atomic E-state index is 0.687. The molecular formula is C16H19N3O2. The van der Waals surface area contributed by atoms with Crippen LogP contribution in [0.25, 0.3) is 0 Å². The number of hydrogen-bond donors (Lipinski definition) is 1. The lowest BCUT2D eigenvalue weighted by Crippen LogP contribution is -2.04. The van der Waals surface area contributed by atoms with Gasteiger partial charge in [-0.2, -0.15) is 0 Å². The lowest BCUT2D eigenvalue weighted by molar-refractivity contribution is 0.297. The normalized spacial score (nSPS) is 13.6. The SMILES string of the molecule is Cc1cc(NCc2ccc3c(c2)OCCCO3)nc(C)n1. The van der Waals surface area contributed by atoms with Crippen LogP contribution >= 0.6 is 0 Å². The Hall–Kier alpha value is -2.30. The first kappa shape index (κ1) is 13.7. The largest absolute Gasteiger partial charge is 0.490 e. The quantitative estimate of drug-likeness (QED) is 0.939. The summed E-state index contributed by atoms with van der Waals surface area (Å²) >= 11 is 0. The molecule has 2 aromatic rings.